The minimum Gasteiger partial charge on any atom is -0.467 e. The molecule has 0 saturated heterocycles. The Bertz CT molecular complexity index is 900. The zero-order chi connectivity index (χ0) is 21.1. The van der Waals surface area contributed by atoms with Gasteiger partial charge in [0.1, 0.15) is 12.1 Å². The van der Waals surface area contributed by atoms with Crippen molar-refractivity contribution in [3.8, 4) is 0 Å². The number of aromatic amines is 1. The number of halogens is 2. The monoisotopic (exact) mass is 438 g/mol. The Balaban J connectivity index is 1.93. The number of imidazole rings is 1. The van der Waals surface area contributed by atoms with Crippen molar-refractivity contribution in [3.05, 3.63) is 51.5 Å². The molecule has 7 nitrogen and oxygen atoms in total. The Morgan fingerprint density at radius 1 is 1.38 bits per heavy atom. The number of ether oxygens (including phenoxy) is 1. The molecule has 9 heteroatoms. The summed E-state index contributed by atoms with van der Waals surface area (Å²) in [5.41, 5.74) is 2.41. The number of benzene rings is 1. The SMILES string of the molecule is COC(=O)[C@@H](CC(C)C)NC(=O)N1CCc2[nH]cnc2[C@@H]1c1ccc(Cl)cc1Cl. The Hall–Kier alpha value is -2.25. The first-order valence-corrected chi connectivity index (χ1v) is 10.2. The van der Waals surface area contributed by atoms with Crippen LogP contribution in [0.3, 0.4) is 0 Å². The minimum absolute atomic E-state index is 0.209. The van der Waals surface area contributed by atoms with Crippen molar-refractivity contribution in [1.82, 2.24) is 20.2 Å². The van der Waals surface area contributed by atoms with Crippen molar-refractivity contribution in [2.24, 2.45) is 5.92 Å². The number of hydrogen-bond acceptors (Lipinski definition) is 4. The summed E-state index contributed by atoms with van der Waals surface area (Å²) in [5, 5.41) is 3.78. The van der Waals surface area contributed by atoms with Gasteiger partial charge < -0.3 is 19.9 Å². The Morgan fingerprint density at radius 2 is 2.14 bits per heavy atom. The van der Waals surface area contributed by atoms with Gasteiger partial charge in [-0.15, -0.1) is 0 Å². The van der Waals surface area contributed by atoms with E-state index in [0.717, 1.165) is 17.0 Å². The normalized spacial score (nSPS) is 17.0. The van der Waals surface area contributed by atoms with E-state index in [-0.39, 0.29) is 11.9 Å². The molecule has 0 aliphatic carbocycles. The molecule has 0 saturated carbocycles. The summed E-state index contributed by atoms with van der Waals surface area (Å²) >= 11 is 12.5. The topological polar surface area (TPSA) is 87.3 Å². The van der Waals surface area contributed by atoms with Crippen LogP contribution in [0.2, 0.25) is 10.0 Å². The minimum atomic E-state index is -0.727. The number of urea groups is 1. The van der Waals surface area contributed by atoms with Gasteiger partial charge >= 0.3 is 12.0 Å². The van der Waals surface area contributed by atoms with Crippen molar-refractivity contribution in [1.29, 1.82) is 0 Å². The molecule has 1 aromatic carbocycles. The summed E-state index contributed by atoms with van der Waals surface area (Å²) in [4.78, 5) is 34.6. The fourth-order valence-electron chi connectivity index (χ4n) is 3.59. The number of carbonyl (C=O) groups excluding carboxylic acids is 2. The highest BCUT2D eigenvalue weighted by molar-refractivity contribution is 6.35. The molecule has 2 atom stereocenters. The molecule has 2 amide bonds. The number of hydrogen-bond donors (Lipinski definition) is 2. The number of H-pyrrole nitrogens is 1. The highest BCUT2D eigenvalue weighted by atomic mass is 35.5. The molecule has 1 aromatic heterocycles. The van der Waals surface area contributed by atoms with Crippen LogP contribution in [0.5, 0.6) is 0 Å². The van der Waals surface area contributed by atoms with Crippen molar-refractivity contribution in [2.45, 2.75) is 38.8 Å². The lowest BCUT2D eigenvalue weighted by molar-refractivity contribution is -0.143. The molecule has 156 valence electrons. The van der Waals surface area contributed by atoms with Crippen LogP contribution >= 0.6 is 23.2 Å². The molecule has 0 fully saturated rings. The van der Waals surface area contributed by atoms with Crippen molar-refractivity contribution in [2.75, 3.05) is 13.7 Å². The number of nitrogens with zero attached hydrogens (tertiary/aromatic N) is 2. The zero-order valence-corrected chi connectivity index (χ0v) is 18.0. The molecule has 0 bridgehead atoms. The number of nitrogens with one attached hydrogen (secondary N) is 2. The molecule has 29 heavy (non-hydrogen) atoms. The second kappa shape index (κ2) is 9.05. The molecule has 0 spiro atoms. The van der Waals surface area contributed by atoms with Crippen LogP contribution in [0, 0.1) is 5.92 Å². The molecule has 1 aliphatic rings. The van der Waals surface area contributed by atoms with Crippen LogP contribution in [0.25, 0.3) is 0 Å². The molecule has 0 radical (unpaired) electrons. The van der Waals surface area contributed by atoms with Gasteiger partial charge in [0.2, 0.25) is 0 Å². The largest absolute Gasteiger partial charge is 0.467 e. The van der Waals surface area contributed by atoms with Crippen molar-refractivity contribution in [3.63, 3.8) is 0 Å². The lowest BCUT2D eigenvalue weighted by Gasteiger charge is -2.36. The number of fused-ring (bicyclic) bond motifs is 1. The maximum absolute atomic E-state index is 13.2. The standard InChI is InChI=1S/C20H24Cl2N4O3/c1-11(2)8-16(19(27)29-3)25-20(28)26-7-6-15-17(24-10-23-15)18(26)13-5-4-12(21)9-14(13)22/h4-5,9-11,16,18H,6-8H2,1-3H3,(H,23,24)(H,25,28)/t16-,18+/m1/s1. The van der Waals surface area contributed by atoms with Gasteiger partial charge in [-0.1, -0.05) is 43.1 Å². The molecule has 2 N–H and O–H groups in total. The van der Waals surface area contributed by atoms with Crippen LogP contribution in [0.15, 0.2) is 24.5 Å². The lowest BCUT2D eigenvalue weighted by Crippen LogP contribution is -2.51. The van der Waals surface area contributed by atoms with E-state index < -0.39 is 18.1 Å². The number of aromatic nitrogens is 2. The maximum Gasteiger partial charge on any atom is 0.328 e. The molecule has 1 aliphatic heterocycles. The molecule has 0 unspecified atom stereocenters. The highest BCUT2D eigenvalue weighted by Crippen LogP contribution is 2.37. The van der Waals surface area contributed by atoms with Crippen molar-refractivity contribution >= 4 is 35.2 Å². The lowest BCUT2D eigenvalue weighted by atomic mass is 9.95. The second-order valence-electron chi connectivity index (χ2n) is 7.43. The smallest absolute Gasteiger partial charge is 0.328 e. The van der Waals surface area contributed by atoms with Crippen molar-refractivity contribution < 1.29 is 14.3 Å². The summed E-state index contributed by atoms with van der Waals surface area (Å²) in [5.74, 6) is -0.259. The maximum atomic E-state index is 13.2. The van der Waals surface area contributed by atoms with E-state index in [1.807, 2.05) is 13.8 Å². The summed E-state index contributed by atoms with van der Waals surface area (Å²) in [6.07, 6.45) is 2.71. The Labute approximate surface area is 179 Å². The zero-order valence-electron chi connectivity index (χ0n) is 16.5. The van der Waals surface area contributed by atoms with Gasteiger partial charge in [-0.3, -0.25) is 0 Å². The fourth-order valence-corrected chi connectivity index (χ4v) is 4.11. The van der Waals surface area contributed by atoms with E-state index in [1.54, 1.807) is 29.4 Å². The number of rotatable bonds is 5. The van der Waals surface area contributed by atoms with E-state index in [9.17, 15) is 9.59 Å². The number of esters is 1. The fraction of sp³-hybridized carbons (Fsp3) is 0.450. The molecule has 2 aromatic rings. The van der Waals surface area contributed by atoms with E-state index in [4.69, 9.17) is 27.9 Å². The average molecular weight is 439 g/mol. The van der Waals surface area contributed by atoms with Gasteiger partial charge in [0.15, 0.2) is 0 Å². The quantitative estimate of drug-likeness (QED) is 0.691. The predicted molar refractivity (Wildman–Crippen MR) is 111 cm³/mol. The van der Waals surface area contributed by atoms with Gasteiger partial charge in [-0.05, 0) is 30.0 Å². The third-order valence-electron chi connectivity index (χ3n) is 4.93. The van der Waals surface area contributed by atoms with Gasteiger partial charge in [-0.2, -0.15) is 0 Å². The number of carbonyl (C=O) groups is 2. The van der Waals surface area contributed by atoms with E-state index in [1.165, 1.54) is 7.11 Å². The first-order valence-electron chi connectivity index (χ1n) is 9.43. The second-order valence-corrected chi connectivity index (χ2v) is 8.28. The highest BCUT2D eigenvalue weighted by Gasteiger charge is 2.36. The Morgan fingerprint density at radius 3 is 2.79 bits per heavy atom. The first-order chi connectivity index (χ1) is 13.8. The molecule has 3 rings (SSSR count). The van der Waals surface area contributed by atoms with Crippen LogP contribution in [-0.2, 0) is 16.0 Å². The molecule has 2 heterocycles. The van der Waals surface area contributed by atoms with E-state index in [2.05, 4.69) is 15.3 Å². The van der Waals surface area contributed by atoms with Crippen LogP contribution in [-0.4, -0.2) is 46.6 Å². The van der Waals surface area contributed by atoms with Gasteiger partial charge in [-0.25, -0.2) is 14.6 Å². The van der Waals surface area contributed by atoms with Gasteiger partial charge in [0, 0.05) is 28.7 Å². The molecular formula is C20H24Cl2N4O3. The third-order valence-corrected chi connectivity index (χ3v) is 5.50. The van der Waals surface area contributed by atoms with Gasteiger partial charge in [0.05, 0.1) is 19.1 Å². The summed E-state index contributed by atoms with van der Waals surface area (Å²) in [7, 11) is 1.31. The summed E-state index contributed by atoms with van der Waals surface area (Å²) < 4.78 is 4.86. The number of methoxy groups -OCH3 is 1. The molecular weight excluding hydrogens is 415 g/mol. The van der Waals surface area contributed by atoms with Gasteiger partial charge in [0.25, 0.3) is 0 Å². The number of amides is 2. The Kier molecular flexibility index (Phi) is 6.70. The van der Waals surface area contributed by atoms with E-state index in [0.29, 0.717) is 29.4 Å². The summed E-state index contributed by atoms with van der Waals surface area (Å²) in [6.45, 7) is 4.41. The average Bonchev–Trinajstić information content (AvgIpc) is 3.15. The third kappa shape index (κ3) is 4.67. The van der Waals surface area contributed by atoms with Crippen LogP contribution in [0.1, 0.15) is 43.3 Å². The van der Waals surface area contributed by atoms with Crippen LogP contribution in [0.4, 0.5) is 4.79 Å². The summed E-state index contributed by atoms with van der Waals surface area (Å²) in [6, 6.07) is 3.58. The van der Waals surface area contributed by atoms with Crippen LogP contribution < -0.4 is 5.32 Å². The van der Waals surface area contributed by atoms with E-state index >= 15 is 0 Å². The first kappa shape index (κ1) is 21.5. The predicted octanol–water partition coefficient (Wildman–Crippen LogP) is 3.96.